The van der Waals surface area contributed by atoms with E-state index in [1.165, 1.54) is 17.3 Å². The van der Waals surface area contributed by atoms with Crippen molar-refractivity contribution in [2.24, 2.45) is 0 Å². The SMILES string of the molecule is COc1cc(CNC(=O)CSc2nnc(-c3ccc(C)c(C)c3)o2)ccc1OCc1ccccc1. The van der Waals surface area contributed by atoms with Crippen LogP contribution in [0, 0.1) is 13.8 Å². The van der Waals surface area contributed by atoms with E-state index < -0.39 is 0 Å². The number of hydrogen-bond donors (Lipinski definition) is 1. The van der Waals surface area contributed by atoms with Gasteiger partial charge in [-0.3, -0.25) is 4.79 Å². The number of methoxy groups -OCH3 is 1. The molecule has 1 heterocycles. The highest BCUT2D eigenvalue weighted by molar-refractivity contribution is 7.99. The van der Waals surface area contributed by atoms with Crippen molar-refractivity contribution >= 4 is 17.7 Å². The Morgan fingerprint density at radius 3 is 2.54 bits per heavy atom. The van der Waals surface area contributed by atoms with Crippen LogP contribution in [0.4, 0.5) is 0 Å². The molecule has 35 heavy (non-hydrogen) atoms. The molecule has 0 aliphatic heterocycles. The molecule has 180 valence electrons. The van der Waals surface area contributed by atoms with Gasteiger partial charge in [-0.2, -0.15) is 0 Å². The number of aryl methyl sites for hydroxylation is 2. The van der Waals surface area contributed by atoms with Crippen molar-refractivity contribution in [3.05, 3.63) is 89.0 Å². The largest absolute Gasteiger partial charge is 0.493 e. The standard InChI is InChI=1S/C27H27N3O4S/c1-18-9-11-22(13-19(18)2)26-29-30-27(34-26)35-17-25(31)28-15-21-10-12-23(24(14-21)32-3)33-16-20-7-5-4-6-8-20/h4-14H,15-17H2,1-3H3,(H,28,31). The maximum atomic E-state index is 12.4. The Hall–Kier alpha value is -3.78. The normalized spacial score (nSPS) is 10.7. The molecule has 0 fully saturated rings. The fraction of sp³-hybridized carbons (Fsp3) is 0.222. The second kappa shape index (κ2) is 11.6. The van der Waals surface area contributed by atoms with Crippen LogP contribution >= 0.6 is 11.8 Å². The van der Waals surface area contributed by atoms with Crippen molar-refractivity contribution in [1.29, 1.82) is 0 Å². The number of nitrogens with zero attached hydrogens (tertiary/aromatic N) is 2. The smallest absolute Gasteiger partial charge is 0.277 e. The number of carbonyl (C=O) groups excluding carboxylic acids is 1. The molecule has 0 radical (unpaired) electrons. The van der Waals surface area contributed by atoms with Gasteiger partial charge < -0.3 is 19.2 Å². The summed E-state index contributed by atoms with van der Waals surface area (Å²) >= 11 is 1.20. The van der Waals surface area contributed by atoms with E-state index in [4.69, 9.17) is 13.9 Å². The molecule has 0 saturated heterocycles. The minimum atomic E-state index is -0.135. The number of amides is 1. The predicted molar refractivity (Wildman–Crippen MR) is 136 cm³/mol. The summed E-state index contributed by atoms with van der Waals surface area (Å²) < 4.78 is 17.1. The second-order valence-corrected chi connectivity index (χ2v) is 8.92. The van der Waals surface area contributed by atoms with E-state index in [-0.39, 0.29) is 11.7 Å². The van der Waals surface area contributed by atoms with Crippen LogP contribution in [-0.2, 0) is 17.9 Å². The lowest BCUT2D eigenvalue weighted by atomic mass is 10.1. The van der Waals surface area contributed by atoms with Gasteiger partial charge >= 0.3 is 0 Å². The quantitative estimate of drug-likeness (QED) is 0.301. The molecule has 4 aromatic rings. The van der Waals surface area contributed by atoms with Gasteiger partial charge in [-0.05, 0) is 60.4 Å². The minimum absolute atomic E-state index is 0.135. The Balaban J connectivity index is 1.27. The van der Waals surface area contributed by atoms with Gasteiger partial charge in [-0.15, -0.1) is 10.2 Å². The zero-order valence-corrected chi connectivity index (χ0v) is 20.7. The first-order valence-electron chi connectivity index (χ1n) is 11.2. The van der Waals surface area contributed by atoms with Gasteiger partial charge in [0.1, 0.15) is 6.61 Å². The van der Waals surface area contributed by atoms with Gasteiger partial charge in [0.25, 0.3) is 5.22 Å². The lowest BCUT2D eigenvalue weighted by molar-refractivity contribution is -0.118. The van der Waals surface area contributed by atoms with E-state index in [9.17, 15) is 4.79 Å². The molecule has 0 bridgehead atoms. The Kier molecular flexibility index (Phi) is 8.05. The van der Waals surface area contributed by atoms with Gasteiger partial charge in [0.2, 0.25) is 11.8 Å². The summed E-state index contributed by atoms with van der Waals surface area (Å²) in [5.41, 5.74) is 5.20. The van der Waals surface area contributed by atoms with E-state index in [0.717, 1.165) is 22.3 Å². The molecular weight excluding hydrogens is 462 g/mol. The van der Waals surface area contributed by atoms with Crippen molar-refractivity contribution in [2.45, 2.75) is 32.2 Å². The van der Waals surface area contributed by atoms with Gasteiger partial charge in [0.15, 0.2) is 11.5 Å². The second-order valence-electron chi connectivity index (χ2n) is 8.00. The number of aromatic nitrogens is 2. The summed E-state index contributed by atoms with van der Waals surface area (Å²) in [5, 5.41) is 11.4. The number of hydrogen-bond acceptors (Lipinski definition) is 7. The summed E-state index contributed by atoms with van der Waals surface area (Å²) in [6.07, 6.45) is 0. The molecule has 4 rings (SSSR count). The van der Waals surface area contributed by atoms with Crippen LogP contribution in [0.5, 0.6) is 11.5 Å². The summed E-state index contributed by atoms with van der Waals surface area (Å²) in [7, 11) is 1.60. The van der Waals surface area contributed by atoms with Gasteiger partial charge in [-0.25, -0.2) is 0 Å². The van der Waals surface area contributed by atoms with Crippen LogP contribution in [0.25, 0.3) is 11.5 Å². The summed E-state index contributed by atoms with van der Waals surface area (Å²) in [5.74, 6) is 1.75. The van der Waals surface area contributed by atoms with Gasteiger partial charge in [-0.1, -0.05) is 54.2 Å². The zero-order valence-electron chi connectivity index (χ0n) is 19.9. The number of thioether (sulfide) groups is 1. The summed E-state index contributed by atoms with van der Waals surface area (Å²) in [4.78, 5) is 12.4. The number of rotatable bonds is 10. The molecule has 0 atom stereocenters. The van der Waals surface area contributed by atoms with Crippen molar-refractivity contribution < 1.29 is 18.7 Å². The number of carbonyl (C=O) groups is 1. The topological polar surface area (TPSA) is 86.5 Å². The molecule has 0 unspecified atom stereocenters. The van der Waals surface area contributed by atoms with Crippen LogP contribution in [0.2, 0.25) is 0 Å². The van der Waals surface area contributed by atoms with Crippen LogP contribution in [0.3, 0.4) is 0 Å². The Labute approximate surface area is 208 Å². The van der Waals surface area contributed by atoms with Gasteiger partial charge in [0.05, 0.1) is 12.9 Å². The van der Waals surface area contributed by atoms with Crippen LogP contribution in [0.1, 0.15) is 22.3 Å². The number of nitrogens with one attached hydrogen (secondary N) is 1. The predicted octanol–water partition coefficient (Wildman–Crippen LogP) is 5.35. The number of benzene rings is 3. The van der Waals surface area contributed by atoms with Crippen molar-refractivity contribution in [1.82, 2.24) is 15.5 Å². The lowest BCUT2D eigenvalue weighted by Crippen LogP contribution is -2.24. The molecule has 3 aromatic carbocycles. The van der Waals surface area contributed by atoms with Crippen molar-refractivity contribution in [3.8, 4) is 23.0 Å². The third-order valence-electron chi connectivity index (χ3n) is 5.44. The molecule has 7 nitrogen and oxygen atoms in total. The molecule has 8 heteroatoms. The molecule has 1 aromatic heterocycles. The maximum Gasteiger partial charge on any atom is 0.277 e. The van der Waals surface area contributed by atoms with E-state index in [1.54, 1.807) is 7.11 Å². The van der Waals surface area contributed by atoms with Crippen molar-refractivity contribution in [3.63, 3.8) is 0 Å². The first kappa shape index (κ1) is 24.3. The van der Waals surface area contributed by atoms with Gasteiger partial charge in [0, 0.05) is 12.1 Å². The molecule has 0 aliphatic carbocycles. The third kappa shape index (κ3) is 6.64. The van der Waals surface area contributed by atoms with E-state index in [2.05, 4.69) is 22.4 Å². The molecule has 0 aliphatic rings. The highest BCUT2D eigenvalue weighted by atomic mass is 32.2. The first-order chi connectivity index (χ1) is 17.0. The van der Waals surface area contributed by atoms with Crippen LogP contribution in [-0.4, -0.2) is 29.0 Å². The third-order valence-corrected chi connectivity index (χ3v) is 6.26. The minimum Gasteiger partial charge on any atom is -0.493 e. The zero-order chi connectivity index (χ0) is 24.6. The monoisotopic (exact) mass is 489 g/mol. The number of ether oxygens (including phenoxy) is 2. The van der Waals surface area contributed by atoms with Crippen LogP contribution < -0.4 is 14.8 Å². The molecule has 1 N–H and O–H groups in total. The van der Waals surface area contributed by atoms with Crippen LogP contribution in [0.15, 0.2) is 76.4 Å². The molecule has 1 amide bonds. The highest BCUT2D eigenvalue weighted by Gasteiger charge is 2.12. The van der Waals surface area contributed by atoms with E-state index >= 15 is 0 Å². The fourth-order valence-electron chi connectivity index (χ4n) is 3.31. The Bertz CT molecular complexity index is 1290. The molecular formula is C27H27N3O4S. The average molecular weight is 490 g/mol. The maximum absolute atomic E-state index is 12.4. The fourth-order valence-corrected chi connectivity index (χ4v) is 3.91. The first-order valence-corrected chi connectivity index (χ1v) is 12.1. The van der Waals surface area contributed by atoms with Crippen molar-refractivity contribution in [2.75, 3.05) is 12.9 Å². The van der Waals surface area contributed by atoms with E-state index in [0.29, 0.717) is 35.8 Å². The summed E-state index contributed by atoms with van der Waals surface area (Å²) in [6.45, 7) is 4.91. The van der Waals surface area contributed by atoms with E-state index in [1.807, 2.05) is 73.7 Å². The Morgan fingerprint density at radius 2 is 1.77 bits per heavy atom. The molecule has 0 spiro atoms. The molecule has 0 saturated carbocycles. The lowest BCUT2D eigenvalue weighted by Gasteiger charge is -2.13. The summed E-state index contributed by atoms with van der Waals surface area (Å²) in [6, 6.07) is 21.5. The average Bonchev–Trinajstić information content (AvgIpc) is 3.36. The Morgan fingerprint density at radius 1 is 0.943 bits per heavy atom. The highest BCUT2D eigenvalue weighted by Crippen LogP contribution is 2.29.